The second-order valence-electron chi connectivity index (χ2n) is 4.86. The van der Waals surface area contributed by atoms with E-state index in [-0.39, 0.29) is 0 Å². The highest BCUT2D eigenvalue weighted by atomic mass is 35.5. The fourth-order valence-corrected chi connectivity index (χ4v) is 2.97. The van der Waals surface area contributed by atoms with Crippen LogP contribution in [0.4, 0.5) is 5.69 Å². The molecule has 2 aromatic carbocycles. The molecule has 0 fully saturated rings. The molecule has 19 heavy (non-hydrogen) atoms. The van der Waals surface area contributed by atoms with Crippen LogP contribution in [-0.4, -0.2) is 0 Å². The van der Waals surface area contributed by atoms with Gasteiger partial charge in [0.05, 0.1) is 0 Å². The van der Waals surface area contributed by atoms with Gasteiger partial charge in [0, 0.05) is 21.4 Å². The van der Waals surface area contributed by atoms with Crippen LogP contribution in [0.2, 0.25) is 5.02 Å². The second kappa shape index (κ2) is 6.36. The van der Waals surface area contributed by atoms with E-state index < -0.39 is 0 Å². The monoisotopic (exact) mass is 291 g/mol. The van der Waals surface area contributed by atoms with Crippen LogP contribution in [0.3, 0.4) is 0 Å². The first-order valence-electron chi connectivity index (χ1n) is 6.33. The van der Waals surface area contributed by atoms with Crippen molar-refractivity contribution in [2.75, 3.05) is 5.73 Å². The molecule has 0 bridgehead atoms. The van der Waals surface area contributed by atoms with E-state index in [4.69, 9.17) is 17.3 Å². The molecule has 0 saturated heterocycles. The average Bonchev–Trinajstić information content (AvgIpc) is 2.40. The van der Waals surface area contributed by atoms with E-state index >= 15 is 0 Å². The Bertz CT molecular complexity index is 549. The minimum Gasteiger partial charge on any atom is -0.399 e. The van der Waals surface area contributed by atoms with Crippen molar-refractivity contribution in [1.82, 2.24) is 0 Å². The molecule has 0 unspecified atom stereocenters. The van der Waals surface area contributed by atoms with E-state index in [1.165, 1.54) is 10.5 Å². The third-order valence-corrected chi connectivity index (χ3v) is 4.44. The molecule has 0 aliphatic carbocycles. The summed E-state index contributed by atoms with van der Waals surface area (Å²) >= 11 is 7.94. The Kier molecular flexibility index (Phi) is 4.78. The molecular weight excluding hydrogens is 274 g/mol. The fourth-order valence-electron chi connectivity index (χ4n) is 1.82. The van der Waals surface area contributed by atoms with Crippen molar-refractivity contribution in [3.63, 3.8) is 0 Å². The maximum Gasteiger partial charge on any atom is 0.0448 e. The van der Waals surface area contributed by atoms with Crippen LogP contribution in [-0.2, 0) is 5.75 Å². The SMILES string of the molecule is CC(C)c1ccc(SCc2cc(N)ccc2Cl)cc1. The second-order valence-corrected chi connectivity index (χ2v) is 6.32. The normalized spacial score (nSPS) is 10.9. The molecule has 2 N–H and O–H groups in total. The number of anilines is 1. The Morgan fingerprint density at radius 3 is 2.42 bits per heavy atom. The third-order valence-electron chi connectivity index (χ3n) is 3.01. The minimum absolute atomic E-state index is 0.572. The quantitative estimate of drug-likeness (QED) is 0.608. The standard InChI is InChI=1S/C16H18ClNS/c1-11(2)12-3-6-15(7-4-12)19-10-13-9-14(18)5-8-16(13)17/h3-9,11H,10,18H2,1-2H3. The Morgan fingerprint density at radius 2 is 1.79 bits per heavy atom. The predicted octanol–water partition coefficient (Wildman–Crippen LogP) is 5.34. The van der Waals surface area contributed by atoms with Crippen molar-refractivity contribution in [1.29, 1.82) is 0 Å². The molecule has 0 saturated carbocycles. The number of thioether (sulfide) groups is 1. The molecule has 0 atom stereocenters. The van der Waals surface area contributed by atoms with E-state index in [1.54, 1.807) is 11.8 Å². The van der Waals surface area contributed by atoms with Crippen molar-refractivity contribution < 1.29 is 0 Å². The summed E-state index contributed by atoms with van der Waals surface area (Å²) in [5.74, 6) is 1.41. The van der Waals surface area contributed by atoms with Gasteiger partial charge in [0.1, 0.15) is 0 Å². The first-order valence-corrected chi connectivity index (χ1v) is 7.69. The summed E-state index contributed by atoms with van der Waals surface area (Å²) in [4.78, 5) is 1.25. The van der Waals surface area contributed by atoms with Gasteiger partial charge in [-0.05, 0) is 47.4 Å². The lowest BCUT2D eigenvalue weighted by Crippen LogP contribution is -1.89. The zero-order valence-corrected chi connectivity index (χ0v) is 12.8. The molecule has 0 aromatic heterocycles. The highest BCUT2D eigenvalue weighted by Crippen LogP contribution is 2.29. The molecule has 0 heterocycles. The number of hydrogen-bond acceptors (Lipinski definition) is 2. The van der Waals surface area contributed by atoms with Crippen LogP contribution in [0.5, 0.6) is 0 Å². The lowest BCUT2D eigenvalue weighted by molar-refractivity contribution is 0.865. The van der Waals surface area contributed by atoms with Crippen LogP contribution in [0.25, 0.3) is 0 Å². The van der Waals surface area contributed by atoms with Crippen LogP contribution in [0.1, 0.15) is 30.9 Å². The Morgan fingerprint density at radius 1 is 1.11 bits per heavy atom. The van der Waals surface area contributed by atoms with Gasteiger partial charge in [-0.15, -0.1) is 11.8 Å². The van der Waals surface area contributed by atoms with Crippen molar-refractivity contribution in [2.45, 2.75) is 30.4 Å². The van der Waals surface area contributed by atoms with Crippen LogP contribution in [0.15, 0.2) is 47.4 Å². The lowest BCUT2D eigenvalue weighted by atomic mass is 10.0. The molecule has 0 aliphatic heterocycles. The highest BCUT2D eigenvalue weighted by Gasteiger charge is 2.03. The lowest BCUT2D eigenvalue weighted by Gasteiger charge is -2.08. The summed E-state index contributed by atoms with van der Waals surface area (Å²) in [7, 11) is 0. The fraction of sp³-hybridized carbons (Fsp3) is 0.250. The largest absolute Gasteiger partial charge is 0.399 e. The number of benzene rings is 2. The van der Waals surface area contributed by atoms with Gasteiger partial charge in [-0.2, -0.15) is 0 Å². The molecule has 0 spiro atoms. The Hall–Kier alpha value is -1.12. The average molecular weight is 292 g/mol. The highest BCUT2D eigenvalue weighted by molar-refractivity contribution is 7.98. The molecule has 1 nitrogen and oxygen atoms in total. The number of nitrogens with two attached hydrogens (primary N) is 1. The van der Waals surface area contributed by atoms with Gasteiger partial charge in [-0.1, -0.05) is 37.6 Å². The van der Waals surface area contributed by atoms with Gasteiger partial charge < -0.3 is 5.73 Å². The first kappa shape index (κ1) is 14.3. The smallest absolute Gasteiger partial charge is 0.0448 e. The van der Waals surface area contributed by atoms with Gasteiger partial charge >= 0.3 is 0 Å². The Balaban J connectivity index is 2.04. The topological polar surface area (TPSA) is 26.0 Å². The molecular formula is C16H18ClNS. The number of rotatable bonds is 4. The van der Waals surface area contributed by atoms with Crippen molar-refractivity contribution in [2.24, 2.45) is 0 Å². The molecule has 2 aromatic rings. The number of nitrogen functional groups attached to an aromatic ring is 1. The third kappa shape index (κ3) is 3.92. The summed E-state index contributed by atoms with van der Waals surface area (Å²) in [6.45, 7) is 4.41. The van der Waals surface area contributed by atoms with Crippen molar-refractivity contribution in [3.8, 4) is 0 Å². The van der Waals surface area contributed by atoms with Gasteiger partial charge in [-0.3, -0.25) is 0 Å². The van der Waals surface area contributed by atoms with Gasteiger partial charge in [-0.25, -0.2) is 0 Å². The molecule has 3 heteroatoms. The van der Waals surface area contributed by atoms with E-state index in [9.17, 15) is 0 Å². The number of halogens is 1. The minimum atomic E-state index is 0.572. The number of hydrogen-bond donors (Lipinski definition) is 1. The summed E-state index contributed by atoms with van der Waals surface area (Å²) in [5, 5.41) is 0.778. The molecule has 2 rings (SSSR count). The maximum absolute atomic E-state index is 6.16. The van der Waals surface area contributed by atoms with Gasteiger partial charge in [0.25, 0.3) is 0 Å². The van der Waals surface area contributed by atoms with Crippen molar-refractivity contribution >= 4 is 29.1 Å². The van der Waals surface area contributed by atoms with Crippen LogP contribution in [0, 0.1) is 0 Å². The molecule has 100 valence electrons. The Labute approximate surface area is 124 Å². The summed E-state index contributed by atoms with van der Waals surface area (Å²) < 4.78 is 0. The van der Waals surface area contributed by atoms with E-state index in [0.29, 0.717) is 5.92 Å². The summed E-state index contributed by atoms with van der Waals surface area (Å²) in [6.07, 6.45) is 0. The van der Waals surface area contributed by atoms with Crippen molar-refractivity contribution in [3.05, 3.63) is 58.6 Å². The van der Waals surface area contributed by atoms with E-state index in [2.05, 4.69) is 38.1 Å². The maximum atomic E-state index is 6.16. The van der Waals surface area contributed by atoms with Crippen LogP contribution < -0.4 is 5.73 Å². The zero-order valence-electron chi connectivity index (χ0n) is 11.2. The summed E-state index contributed by atoms with van der Waals surface area (Å²) in [5.41, 5.74) is 8.99. The molecule has 0 amide bonds. The summed E-state index contributed by atoms with van der Waals surface area (Å²) in [6, 6.07) is 14.3. The zero-order chi connectivity index (χ0) is 13.8. The molecule has 0 radical (unpaired) electrons. The van der Waals surface area contributed by atoms with Gasteiger partial charge in [0.2, 0.25) is 0 Å². The van der Waals surface area contributed by atoms with Crippen LogP contribution >= 0.6 is 23.4 Å². The van der Waals surface area contributed by atoms with E-state index in [0.717, 1.165) is 22.0 Å². The van der Waals surface area contributed by atoms with Gasteiger partial charge in [0.15, 0.2) is 0 Å². The molecule has 0 aliphatic rings. The van der Waals surface area contributed by atoms with E-state index in [1.807, 2.05) is 18.2 Å². The predicted molar refractivity (Wildman–Crippen MR) is 86.0 cm³/mol. The first-order chi connectivity index (χ1) is 9.06.